The van der Waals surface area contributed by atoms with Crippen LogP contribution in [0.25, 0.3) is 5.70 Å². The molecule has 8 heteroatoms. The number of likely N-dealkylation sites (tertiary alicyclic amines) is 1. The fourth-order valence-electron chi connectivity index (χ4n) is 5.50. The first-order valence-corrected chi connectivity index (χ1v) is 13.6. The molecule has 37 heavy (non-hydrogen) atoms. The summed E-state index contributed by atoms with van der Waals surface area (Å²) in [5.74, 6) is 0.227. The number of carbonyl (C=O) groups is 3. The van der Waals surface area contributed by atoms with Gasteiger partial charge >= 0.3 is 0 Å². The van der Waals surface area contributed by atoms with Crippen molar-refractivity contribution >= 4 is 23.8 Å². The van der Waals surface area contributed by atoms with E-state index in [0.717, 1.165) is 51.7 Å². The van der Waals surface area contributed by atoms with Gasteiger partial charge in [0.1, 0.15) is 12.0 Å². The third kappa shape index (κ3) is 6.99. The molecule has 0 bridgehead atoms. The SMILES string of the molecule is C=C1c2cc(OCCCCCN3CC4(CC(O)C4)C3)ccc2C(=O)N1C(C=O)CCC(=O)NC.CCC. The van der Waals surface area contributed by atoms with Gasteiger partial charge in [-0.2, -0.15) is 0 Å². The molecule has 2 heterocycles. The molecule has 2 N–H and O–H groups in total. The van der Waals surface area contributed by atoms with E-state index in [0.29, 0.717) is 40.9 Å². The number of benzene rings is 1. The van der Waals surface area contributed by atoms with Gasteiger partial charge in [-0.25, -0.2) is 0 Å². The molecule has 1 atom stereocenters. The van der Waals surface area contributed by atoms with Crippen molar-refractivity contribution in [1.82, 2.24) is 15.1 Å². The largest absolute Gasteiger partial charge is 0.494 e. The normalized spacial score (nSPS) is 18.9. The van der Waals surface area contributed by atoms with Crippen molar-refractivity contribution in [2.45, 2.75) is 77.4 Å². The van der Waals surface area contributed by atoms with E-state index in [1.165, 1.54) is 11.3 Å². The monoisotopic (exact) mass is 513 g/mol. The van der Waals surface area contributed by atoms with E-state index < -0.39 is 6.04 Å². The highest BCUT2D eigenvalue weighted by atomic mass is 16.5. The Morgan fingerprint density at radius 3 is 2.57 bits per heavy atom. The maximum absolute atomic E-state index is 12.9. The Hall–Kier alpha value is -2.71. The smallest absolute Gasteiger partial charge is 0.259 e. The number of nitrogens with one attached hydrogen (secondary N) is 1. The van der Waals surface area contributed by atoms with Crippen LogP contribution in [0.2, 0.25) is 0 Å². The minimum absolute atomic E-state index is 0.0719. The molecule has 3 aliphatic rings. The highest BCUT2D eigenvalue weighted by Crippen LogP contribution is 2.48. The van der Waals surface area contributed by atoms with Crippen molar-refractivity contribution in [3.8, 4) is 5.75 Å². The molecule has 1 saturated heterocycles. The second-order valence-electron chi connectivity index (χ2n) is 10.6. The number of nitrogens with zero attached hydrogens (tertiary/aromatic N) is 2. The Morgan fingerprint density at radius 1 is 1.24 bits per heavy atom. The van der Waals surface area contributed by atoms with Crippen LogP contribution in [0.15, 0.2) is 24.8 Å². The van der Waals surface area contributed by atoms with Gasteiger partial charge in [0.2, 0.25) is 5.91 Å². The van der Waals surface area contributed by atoms with Crippen LogP contribution in [0, 0.1) is 5.41 Å². The third-order valence-corrected chi connectivity index (χ3v) is 7.32. The molecule has 1 aromatic rings. The van der Waals surface area contributed by atoms with Crippen molar-refractivity contribution in [2.24, 2.45) is 5.41 Å². The molecule has 1 aliphatic carbocycles. The fraction of sp³-hybridized carbons (Fsp3) is 0.621. The van der Waals surface area contributed by atoms with Crippen LogP contribution in [0.4, 0.5) is 0 Å². The zero-order valence-corrected chi connectivity index (χ0v) is 22.6. The molecule has 2 amide bonds. The lowest BCUT2D eigenvalue weighted by molar-refractivity contribution is -0.128. The number of unbranched alkanes of at least 4 members (excludes halogenated alkanes) is 2. The number of ether oxygens (including phenoxy) is 1. The minimum Gasteiger partial charge on any atom is -0.494 e. The van der Waals surface area contributed by atoms with Crippen LogP contribution in [-0.4, -0.2) is 78.4 Å². The molecule has 1 spiro atoms. The summed E-state index contributed by atoms with van der Waals surface area (Å²) >= 11 is 0. The number of hydrogen-bond donors (Lipinski definition) is 2. The number of aliphatic hydroxyl groups excluding tert-OH is 1. The summed E-state index contributed by atoms with van der Waals surface area (Å²) in [7, 11) is 1.54. The predicted molar refractivity (Wildman–Crippen MR) is 144 cm³/mol. The summed E-state index contributed by atoms with van der Waals surface area (Å²) in [6.45, 7) is 12.2. The van der Waals surface area contributed by atoms with E-state index >= 15 is 0 Å². The Morgan fingerprint density at radius 2 is 1.95 bits per heavy atom. The summed E-state index contributed by atoms with van der Waals surface area (Å²) in [6, 6.07) is 4.57. The van der Waals surface area contributed by atoms with Gasteiger partial charge in [-0.05, 0) is 63.3 Å². The number of carbonyl (C=O) groups excluding carboxylic acids is 3. The maximum atomic E-state index is 12.9. The number of rotatable bonds is 12. The van der Waals surface area contributed by atoms with Crippen LogP contribution in [0.5, 0.6) is 5.75 Å². The minimum atomic E-state index is -0.732. The summed E-state index contributed by atoms with van der Waals surface area (Å²) in [5, 5.41) is 12.0. The highest BCUT2D eigenvalue weighted by Gasteiger charge is 2.51. The first-order valence-electron chi connectivity index (χ1n) is 13.6. The lowest BCUT2D eigenvalue weighted by Crippen LogP contribution is -2.63. The average Bonchev–Trinajstić information content (AvgIpc) is 3.09. The Kier molecular flexibility index (Phi) is 10.3. The van der Waals surface area contributed by atoms with Gasteiger partial charge in [0.15, 0.2) is 0 Å². The van der Waals surface area contributed by atoms with Gasteiger partial charge in [0.25, 0.3) is 5.91 Å². The standard InChI is InChI=1S/C26H35N3O5.C3H8/c1-18-23-12-21(34-11-5-3-4-10-28-16-26(17-28)13-20(31)14-26)7-8-22(23)25(33)29(18)19(15-30)6-9-24(32)27-2;1-3-2/h7-8,12,15,19-20,31H,1,3-6,9-11,13-14,16-17H2,2H3,(H,27,32);3H2,1-2H3. The molecule has 2 fully saturated rings. The molecule has 1 aromatic carbocycles. The molecular formula is C29H43N3O5. The topological polar surface area (TPSA) is 99.2 Å². The van der Waals surface area contributed by atoms with Crippen molar-refractivity contribution < 1.29 is 24.2 Å². The summed E-state index contributed by atoms with van der Waals surface area (Å²) in [4.78, 5) is 40.0. The molecular weight excluding hydrogens is 470 g/mol. The van der Waals surface area contributed by atoms with E-state index in [1.54, 1.807) is 19.2 Å². The van der Waals surface area contributed by atoms with Crippen molar-refractivity contribution in [3.63, 3.8) is 0 Å². The molecule has 204 valence electrons. The molecule has 1 unspecified atom stereocenters. The van der Waals surface area contributed by atoms with E-state index in [1.807, 2.05) is 6.07 Å². The first-order chi connectivity index (χ1) is 17.8. The van der Waals surface area contributed by atoms with Crippen LogP contribution in [-0.2, 0) is 9.59 Å². The van der Waals surface area contributed by atoms with Crippen molar-refractivity contribution in [1.29, 1.82) is 0 Å². The van der Waals surface area contributed by atoms with Crippen LogP contribution < -0.4 is 10.1 Å². The van der Waals surface area contributed by atoms with Gasteiger partial charge in [-0.3, -0.25) is 14.5 Å². The number of fused-ring (bicyclic) bond motifs is 1. The summed E-state index contributed by atoms with van der Waals surface area (Å²) < 4.78 is 5.91. The first kappa shape index (κ1) is 28.9. The zero-order chi connectivity index (χ0) is 27.0. The quantitative estimate of drug-likeness (QED) is 0.327. The Bertz CT molecular complexity index is 964. The summed E-state index contributed by atoms with van der Waals surface area (Å²) in [6.07, 6.45) is 7.39. The van der Waals surface area contributed by atoms with E-state index in [9.17, 15) is 19.5 Å². The van der Waals surface area contributed by atoms with Gasteiger partial charge in [-0.15, -0.1) is 0 Å². The third-order valence-electron chi connectivity index (χ3n) is 7.32. The molecule has 1 saturated carbocycles. The van der Waals surface area contributed by atoms with Crippen molar-refractivity contribution in [2.75, 3.05) is 33.3 Å². The second kappa shape index (κ2) is 13.2. The maximum Gasteiger partial charge on any atom is 0.259 e. The second-order valence-corrected chi connectivity index (χ2v) is 10.6. The molecule has 8 nitrogen and oxygen atoms in total. The lowest BCUT2D eigenvalue weighted by Gasteiger charge is -2.58. The van der Waals surface area contributed by atoms with Crippen LogP contribution in [0.1, 0.15) is 81.1 Å². The molecule has 0 radical (unpaired) electrons. The molecule has 2 aliphatic heterocycles. The number of amides is 2. The number of aliphatic hydroxyl groups is 1. The van der Waals surface area contributed by atoms with Crippen LogP contribution >= 0.6 is 0 Å². The average molecular weight is 514 g/mol. The lowest BCUT2D eigenvalue weighted by atomic mass is 9.62. The van der Waals surface area contributed by atoms with Gasteiger partial charge in [0.05, 0.1) is 18.8 Å². The Balaban J connectivity index is 0.00000121. The number of hydrogen-bond acceptors (Lipinski definition) is 6. The summed E-state index contributed by atoms with van der Waals surface area (Å²) in [5.41, 5.74) is 2.05. The molecule has 0 aromatic heterocycles. The number of aldehydes is 1. The van der Waals surface area contributed by atoms with Crippen molar-refractivity contribution in [3.05, 3.63) is 35.9 Å². The predicted octanol–water partition coefficient (Wildman–Crippen LogP) is 3.63. The van der Waals surface area contributed by atoms with Gasteiger partial charge in [0, 0.05) is 48.8 Å². The molecule has 4 rings (SSSR count). The van der Waals surface area contributed by atoms with Crippen LogP contribution in [0.3, 0.4) is 0 Å². The van der Waals surface area contributed by atoms with Gasteiger partial charge < -0.3 is 24.9 Å². The van der Waals surface area contributed by atoms with E-state index in [2.05, 4.69) is 30.6 Å². The van der Waals surface area contributed by atoms with Gasteiger partial charge in [-0.1, -0.05) is 26.8 Å². The zero-order valence-electron chi connectivity index (χ0n) is 22.6. The fourth-order valence-corrected chi connectivity index (χ4v) is 5.50. The highest BCUT2D eigenvalue weighted by molar-refractivity contribution is 6.10. The Labute approximate surface area is 221 Å². The van der Waals surface area contributed by atoms with E-state index in [-0.39, 0.29) is 30.8 Å². The van der Waals surface area contributed by atoms with E-state index in [4.69, 9.17) is 4.74 Å².